The van der Waals surface area contributed by atoms with Crippen molar-refractivity contribution in [2.45, 2.75) is 40.5 Å². The van der Waals surface area contributed by atoms with Gasteiger partial charge in [-0.3, -0.25) is 13.6 Å². The fourth-order valence-electron chi connectivity index (χ4n) is 0.911. The molecule has 0 aromatic rings. The third kappa shape index (κ3) is 116. The fourth-order valence-corrected chi connectivity index (χ4v) is 0.911. The molecule has 8 heteroatoms. The first-order chi connectivity index (χ1) is 8.25. The van der Waals surface area contributed by atoms with Crippen molar-refractivity contribution in [3.05, 3.63) is 21.3 Å². The molecule has 4 nitrogen and oxygen atoms in total. The van der Waals surface area contributed by atoms with Crippen LogP contribution in [-0.4, -0.2) is 25.1 Å². The Hall–Kier alpha value is 2.00. The van der Waals surface area contributed by atoms with Crippen LogP contribution in [0.25, 0.3) is 0 Å². The van der Waals surface area contributed by atoms with Crippen LogP contribution in [0.1, 0.15) is 40.5 Å². The summed E-state index contributed by atoms with van der Waals surface area (Å²) in [5, 5.41) is 0. The number of carbonyl (C=O) groups excluding carboxylic acids is 4. The van der Waals surface area contributed by atoms with E-state index in [2.05, 4.69) is 27.4 Å². The number of rotatable bonds is 4. The molecular weight excluding hydrogens is 790 g/mol. The van der Waals surface area contributed by atoms with E-state index in [1.165, 1.54) is 0 Å². The first-order valence-electron chi connectivity index (χ1n) is 5.42. The molecule has 2 radical (unpaired) electrons. The van der Waals surface area contributed by atoms with Crippen molar-refractivity contribution >= 4 is 25.1 Å². The summed E-state index contributed by atoms with van der Waals surface area (Å²) < 4.78 is 0. The molecule has 0 aromatic carbocycles. The van der Waals surface area contributed by atoms with E-state index in [9.17, 15) is 9.59 Å². The zero-order valence-corrected chi connectivity index (χ0v) is 26.3. The van der Waals surface area contributed by atoms with Crippen LogP contribution in [0.4, 0.5) is 0 Å². The molecule has 0 saturated heterocycles. The van der Waals surface area contributed by atoms with Gasteiger partial charge in [0, 0.05) is 86.5 Å². The summed E-state index contributed by atoms with van der Waals surface area (Å²) in [5.41, 5.74) is 0. The first kappa shape index (κ1) is 56.2. The van der Waals surface area contributed by atoms with Crippen LogP contribution in [0.2, 0.25) is 0 Å². The van der Waals surface area contributed by atoms with E-state index < -0.39 is 0 Å². The third-order valence-electron chi connectivity index (χ3n) is 1.27. The summed E-state index contributed by atoms with van der Waals surface area (Å²) in [6, 6.07) is 0. The second kappa shape index (κ2) is 49.6. The van der Waals surface area contributed by atoms with Crippen LogP contribution in [0, 0.1) is 33.1 Å². The number of ketones is 2. The van der Waals surface area contributed by atoms with Gasteiger partial charge in [0.2, 0.25) is 0 Å². The van der Waals surface area contributed by atoms with Crippen LogP contribution in [-0.2, 0) is 127 Å². The molecule has 0 aromatic heterocycles. The normalized spacial score (nSPS) is 6.17. The molecule has 0 aliphatic rings. The van der Waals surface area contributed by atoms with Gasteiger partial charge in [-0.2, -0.15) is 0 Å². The smallest absolute Gasteiger partial charge is 0.545 e. The van der Waals surface area contributed by atoms with Crippen LogP contribution in [0.3, 0.4) is 0 Å². The van der Waals surface area contributed by atoms with Crippen molar-refractivity contribution < 1.29 is 127 Å². The molecule has 0 atom stereocenters. The van der Waals surface area contributed by atoms with Crippen molar-refractivity contribution in [2.75, 3.05) is 0 Å². The van der Waals surface area contributed by atoms with Crippen LogP contribution in [0.15, 0.2) is 0 Å². The number of hydrogen-bond acceptors (Lipinski definition) is 4. The minimum Gasteiger partial charge on any atom is -0.545 e. The summed E-state index contributed by atoms with van der Waals surface area (Å²) in [4.78, 5) is 35.8. The summed E-state index contributed by atoms with van der Waals surface area (Å²) in [5.74, 6) is 1.00. The van der Waals surface area contributed by atoms with E-state index in [-0.39, 0.29) is 127 Å². The molecule has 0 heterocycles. The average Bonchev–Trinajstić information content (AvgIpc) is 2.20. The van der Waals surface area contributed by atoms with Crippen LogP contribution in [0.5, 0.6) is 0 Å². The topological polar surface area (TPSA) is 68.3 Å². The van der Waals surface area contributed by atoms with E-state index in [1.807, 2.05) is 27.7 Å². The van der Waals surface area contributed by atoms with Gasteiger partial charge >= 0.3 is 21.1 Å². The second-order valence-electron chi connectivity index (χ2n) is 4.27. The maximum atomic E-state index is 10.1. The number of Topliss-reactive ketones (excluding diaryl/α,β-unsaturated/α-hetero) is 2. The Balaban J connectivity index is -0.0000000169. The van der Waals surface area contributed by atoms with Gasteiger partial charge in [0.05, 0.1) is 0 Å². The van der Waals surface area contributed by atoms with Gasteiger partial charge in [-0.1, -0.05) is 27.7 Å². The van der Waals surface area contributed by atoms with Crippen molar-refractivity contribution in [3.63, 3.8) is 0 Å². The van der Waals surface area contributed by atoms with E-state index in [4.69, 9.17) is 9.59 Å². The maximum absolute atomic E-state index is 10.1. The molecular formula is C15H27O4W2Y2-3. The average molecular weight is 817 g/mol. The van der Waals surface area contributed by atoms with Gasteiger partial charge in [0.15, 0.2) is 0 Å². The molecule has 0 bridgehead atoms. The first-order valence-corrected chi connectivity index (χ1v) is 5.42. The number of hydrogen-bond donors (Lipinski definition) is 0. The summed E-state index contributed by atoms with van der Waals surface area (Å²) >= 11 is 0. The quantitative estimate of drug-likeness (QED) is 0.324. The summed E-state index contributed by atoms with van der Waals surface area (Å²) in [6.07, 6.45) is 1.22. The van der Waals surface area contributed by atoms with Gasteiger partial charge in [-0.15, -0.1) is 0 Å². The predicted octanol–water partition coefficient (Wildman–Crippen LogP) is 2.76. The zero-order chi connectivity index (χ0) is 15.7. The van der Waals surface area contributed by atoms with Crippen molar-refractivity contribution in [3.8, 4) is 0 Å². The standard InChI is InChI=1S/2C6H11O.2CHO.CH3.2W.2Y/c2*1-5(2)4-6(3)7;2*1-2;;;;;/h2*5H,3-4H2,1-2H3;2*1H;1H3;;;;/q5*-1;;+2;;. The zero-order valence-electron chi connectivity index (χ0n) is 14.7. The molecule has 0 fully saturated rings. The van der Waals surface area contributed by atoms with Crippen molar-refractivity contribution in [2.24, 2.45) is 11.8 Å². The Morgan fingerprint density at radius 1 is 0.783 bits per heavy atom. The Morgan fingerprint density at radius 3 is 0.913 bits per heavy atom. The van der Waals surface area contributed by atoms with Gasteiger partial charge < -0.3 is 40.5 Å². The molecule has 0 amide bonds. The van der Waals surface area contributed by atoms with Gasteiger partial charge in [0.25, 0.3) is 0 Å². The second-order valence-corrected chi connectivity index (χ2v) is 4.27. The van der Waals surface area contributed by atoms with Crippen LogP contribution >= 0.6 is 0 Å². The fraction of sp³-hybridized carbons (Fsp3) is 0.533. The minimum atomic E-state index is 0. The molecule has 0 aliphatic carbocycles. The Labute approximate surface area is 222 Å². The van der Waals surface area contributed by atoms with Crippen LogP contribution < -0.4 is 0 Å². The molecule has 0 saturated carbocycles. The minimum absolute atomic E-state index is 0. The largest absolute Gasteiger partial charge is 2.00 e. The maximum Gasteiger partial charge on any atom is 2.00 e. The van der Waals surface area contributed by atoms with Gasteiger partial charge in [0.1, 0.15) is 0 Å². The molecule has 0 aliphatic heterocycles. The van der Waals surface area contributed by atoms with E-state index >= 15 is 0 Å². The van der Waals surface area contributed by atoms with Crippen molar-refractivity contribution in [1.82, 2.24) is 0 Å². The van der Waals surface area contributed by atoms with E-state index in [1.54, 1.807) is 0 Å². The third-order valence-corrected chi connectivity index (χ3v) is 1.27. The molecule has 132 valence electrons. The predicted molar refractivity (Wildman–Crippen MR) is 79.6 cm³/mol. The molecule has 0 unspecified atom stereocenters. The Morgan fingerprint density at radius 2 is 0.913 bits per heavy atom. The molecule has 0 spiro atoms. The van der Waals surface area contributed by atoms with Gasteiger partial charge in [-0.25, -0.2) is 0 Å². The molecule has 0 rings (SSSR count). The van der Waals surface area contributed by atoms with Gasteiger partial charge in [-0.05, 0) is 36.2 Å². The molecule has 23 heavy (non-hydrogen) atoms. The summed E-state index contributed by atoms with van der Waals surface area (Å²) in [6.45, 7) is 21.0. The Kier molecular flexibility index (Phi) is 121. The number of carbonyl (C=O) groups is 2. The monoisotopic (exact) mass is 817 g/mol. The Bertz CT molecular complexity index is 196. The SMILES string of the molecule is [CH-]=O.[CH-]=O.[CH2-]C(=O)CC(C)C.[CH2-]C(=O)CC(C)C.[CH3-].[W+2].[W].[Y].[Y]. The van der Waals surface area contributed by atoms with E-state index in [0.717, 1.165) is 0 Å². The van der Waals surface area contributed by atoms with Crippen molar-refractivity contribution in [1.29, 1.82) is 0 Å². The summed E-state index contributed by atoms with van der Waals surface area (Å²) in [7, 11) is 0. The molecule has 0 N–H and O–H groups in total. The van der Waals surface area contributed by atoms with E-state index in [0.29, 0.717) is 24.7 Å².